The molecule has 3 aromatic rings. The van der Waals surface area contributed by atoms with Crippen molar-refractivity contribution in [1.29, 1.82) is 0 Å². The van der Waals surface area contributed by atoms with Crippen molar-refractivity contribution in [2.45, 2.75) is 50.7 Å². The van der Waals surface area contributed by atoms with Crippen LogP contribution in [0.1, 0.15) is 48.2 Å². The second kappa shape index (κ2) is 12.3. The second-order valence-electron chi connectivity index (χ2n) is 10.3. The zero-order valence-corrected chi connectivity index (χ0v) is 22.3. The highest BCUT2D eigenvalue weighted by molar-refractivity contribution is 5.94. The van der Waals surface area contributed by atoms with Crippen LogP contribution in [-0.4, -0.2) is 54.1 Å². The van der Waals surface area contributed by atoms with Gasteiger partial charge in [-0.1, -0.05) is 37.1 Å². The van der Waals surface area contributed by atoms with Gasteiger partial charge in [0.2, 0.25) is 5.91 Å². The Morgan fingerprint density at radius 2 is 1.72 bits per heavy atom. The molecule has 0 radical (unpaired) electrons. The number of rotatable bonds is 9. The third kappa shape index (κ3) is 6.20. The molecule has 4 N–H and O–H groups in total. The third-order valence-corrected chi connectivity index (χ3v) is 7.79. The van der Waals surface area contributed by atoms with Gasteiger partial charge in [-0.25, -0.2) is 9.97 Å². The van der Waals surface area contributed by atoms with E-state index in [0.717, 1.165) is 42.6 Å². The van der Waals surface area contributed by atoms with Crippen LogP contribution < -0.4 is 21.3 Å². The summed E-state index contributed by atoms with van der Waals surface area (Å²) in [7, 11) is 1.63. The highest BCUT2D eigenvalue weighted by Gasteiger charge is 2.45. The van der Waals surface area contributed by atoms with Gasteiger partial charge in [-0.3, -0.25) is 9.59 Å². The van der Waals surface area contributed by atoms with Crippen LogP contribution in [0.5, 0.6) is 0 Å². The normalized spacial score (nSPS) is 20.3. The van der Waals surface area contributed by atoms with E-state index in [1.165, 1.54) is 12.7 Å². The van der Waals surface area contributed by atoms with Crippen molar-refractivity contribution in [2.75, 3.05) is 30.9 Å². The van der Waals surface area contributed by atoms with E-state index >= 15 is 0 Å². The number of ether oxygens (including phenoxy) is 1. The highest BCUT2D eigenvalue weighted by Crippen LogP contribution is 2.41. The van der Waals surface area contributed by atoms with Crippen LogP contribution in [-0.2, 0) is 16.1 Å². The summed E-state index contributed by atoms with van der Waals surface area (Å²) in [6, 6.07) is 17.0. The summed E-state index contributed by atoms with van der Waals surface area (Å²) in [6.07, 6.45) is 6.89. The number of nitrogen functional groups attached to an aromatic ring is 1. The number of nitrogens with two attached hydrogens (primary N) is 1. The van der Waals surface area contributed by atoms with Crippen LogP contribution in [0.3, 0.4) is 0 Å². The quantitative estimate of drug-likeness (QED) is 0.287. The van der Waals surface area contributed by atoms with Crippen molar-refractivity contribution in [3.05, 3.63) is 72.2 Å². The number of methoxy groups -OCH3 is 1. The van der Waals surface area contributed by atoms with Gasteiger partial charge in [-0.2, -0.15) is 0 Å². The van der Waals surface area contributed by atoms with E-state index in [4.69, 9.17) is 10.5 Å². The lowest BCUT2D eigenvalue weighted by molar-refractivity contribution is -0.122. The molecule has 0 bridgehead atoms. The molecule has 2 amide bonds. The predicted octanol–water partition coefficient (Wildman–Crippen LogP) is 3.56. The zero-order chi connectivity index (χ0) is 27.2. The van der Waals surface area contributed by atoms with Crippen molar-refractivity contribution in [1.82, 2.24) is 20.6 Å². The fraction of sp³-hybridized carbons (Fsp3) is 0.400. The minimum absolute atomic E-state index is 0.0114. The molecule has 9 nitrogen and oxygen atoms in total. The second-order valence-corrected chi connectivity index (χ2v) is 10.3. The largest absolute Gasteiger partial charge is 0.399 e. The Balaban J connectivity index is 1.26. The summed E-state index contributed by atoms with van der Waals surface area (Å²) < 4.78 is 5.10. The van der Waals surface area contributed by atoms with Gasteiger partial charge >= 0.3 is 0 Å². The molecule has 0 spiro atoms. The van der Waals surface area contributed by atoms with Gasteiger partial charge in [-0.05, 0) is 60.6 Å². The molecule has 2 aromatic carbocycles. The molecule has 39 heavy (non-hydrogen) atoms. The van der Waals surface area contributed by atoms with Crippen LogP contribution >= 0.6 is 0 Å². The predicted molar refractivity (Wildman–Crippen MR) is 151 cm³/mol. The Morgan fingerprint density at radius 1 is 1.00 bits per heavy atom. The summed E-state index contributed by atoms with van der Waals surface area (Å²) in [6.45, 7) is 1.23. The molecule has 9 heteroatoms. The van der Waals surface area contributed by atoms with E-state index < -0.39 is 0 Å². The first kappa shape index (κ1) is 26.6. The molecule has 1 aromatic heterocycles. The zero-order valence-electron chi connectivity index (χ0n) is 22.3. The van der Waals surface area contributed by atoms with Crippen LogP contribution in [0, 0.1) is 5.92 Å². The van der Waals surface area contributed by atoms with Crippen molar-refractivity contribution in [3.8, 4) is 11.1 Å². The summed E-state index contributed by atoms with van der Waals surface area (Å²) in [5.41, 5.74) is 9.82. The number of nitrogens with zero attached hydrogens (tertiary/aromatic N) is 3. The first-order chi connectivity index (χ1) is 19.0. The summed E-state index contributed by atoms with van der Waals surface area (Å²) >= 11 is 0. The van der Waals surface area contributed by atoms with E-state index in [1.54, 1.807) is 7.11 Å². The molecular formula is C30H36N6O3. The lowest BCUT2D eigenvalue weighted by Crippen LogP contribution is -2.47. The number of carbonyl (C=O) groups is 2. The van der Waals surface area contributed by atoms with Crippen LogP contribution in [0.4, 0.5) is 11.5 Å². The van der Waals surface area contributed by atoms with E-state index in [1.807, 2.05) is 54.6 Å². The molecule has 1 aliphatic heterocycles. The Labute approximate surface area is 229 Å². The first-order valence-electron chi connectivity index (χ1n) is 13.6. The average Bonchev–Trinajstić information content (AvgIpc) is 3.37. The number of benzene rings is 2. The molecule has 3 atom stereocenters. The maximum absolute atomic E-state index is 13.1. The van der Waals surface area contributed by atoms with E-state index in [0.29, 0.717) is 36.0 Å². The molecule has 1 saturated carbocycles. The number of nitrogens with one attached hydrogen (secondary N) is 2. The number of aromatic nitrogens is 2. The fourth-order valence-electron chi connectivity index (χ4n) is 5.80. The molecule has 2 fully saturated rings. The van der Waals surface area contributed by atoms with Crippen molar-refractivity contribution in [2.24, 2.45) is 5.92 Å². The first-order valence-corrected chi connectivity index (χ1v) is 13.6. The molecule has 2 aliphatic rings. The summed E-state index contributed by atoms with van der Waals surface area (Å²) in [5, 5.41) is 5.98. The fourth-order valence-corrected chi connectivity index (χ4v) is 5.80. The van der Waals surface area contributed by atoms with Gasteiger partial charge in [0.1, 0.15) is 18.2 Å². The van der Waals surface area contributed by atoms with Crippen LogP contribution in [0.25, 0.3) is 11.1 Å². The van der Waals surface area contributed by atoms with Gasteiger partial charge in [-0.15, -0.1) is 0 Å². The van der Waals surface area contributed by atoms with E-state index in [9.17, 15) is 9.59 Å². The topological polar surface area (TPSA) is 122 Å². The Bertz CT molecular complexity index is 1280. The molecule has 2 heterocycles. The van der Waals surface area contributed by atoms with Gasteiger partial charge in [0.25, 0.3) is 5.91 Å². The number of amides is 2. The number of hydrogen-bond acceptors (Lipinski definition) is 7. The number of anilines is 2. The van der Waals surface area contributed by atoms with E-state index in [2.05, 4.69) is 25.5 Å². The lowest BCUT2D eigenvalue weighted by atomic mass is 9.84. The number of hydrogen-bond donors (Lipinski definition) is 3. The summed E-state index contributed by atoms with van der Waals surface area (Å²) in [5.74, 6) is 1.05. The van der Waals surface area contributed by atoms with Gasteiger partial charge in [0.15, 0.2) is 0 Å². The summed E-state index contributed by atoms with van der Waals surface area (Å²) in [4.78, 5) is 37.1. The number of fused-ring (bicyclic) bond motifs is 1. The minimum atomic E-state index is -0.271. The molecule has 1 saturated heterocycles. The molecule has 1 aliphatic carbocycles. The van der Waals surface area contributed by atoms with Crippen molar-refractivity contribution in [3.63, 3.8) is 0 Å². The monoisotopic (exact) mass is 528 g/mol. The van der Waals surface area contributed by atoms with Gasteiger partial charge in [0.05, 0.1) is 18.8 Å². The van der Waals surface area contributed by atoms with Crippen LogP contribution in [0.2, 0.25) is 0 Å². The number of carbonyl (C=O) groups excluding carboxylic acids is 2. The molecular weight excluding hydrogens is 492 g/mol. The van der Waals surface area contributed by atoms with Crippen molar-refractivity contribution >= 4 is 23.3 Å². The molecule has 204 valence electrons. The van der Waals surface area contributed by atoms with Crippen LogP contribution in [0.15, 0.2) is 60.9 Å². The Hall–Kier alpha value is -3.98. The maximum atomic E-state index is 13.1. The third-order valence-electron chi connectivity index (χ3n) is 7.79. The average molecular weight is 529 g/mol. The minimum Gasteiger partial charge on any atom is -0.399 e. The van der Waals surface area contributed by atoms with E-state index in [-0.39, 0.29) is 30.4 Å². The standard InChI is InChI=1S/C30H36N6O3/c1-39-15-14-32-30(38)27-16-23-4-2-3-5-26(23)36(27)28-17-25(34-19-35-28)18-33-29(37)22-8-6-20(7-9-22)21-10-12-24(31)13-11-21/h6-13,17,19,23,26-27H,2-5,14-16,18,31H2,1H3,(H,32,38)(H,33,37)/t23-,26-,27-/m0/s1. The Kier molecular flexibility index (Phi) is 8.36. The smallest absolute Gasteiger partial charge is 0.251 e. The SMILES string of the molecule is COCCNC(=O)[C@@H]1C[C@@H]2CCCC[C@@H]2N1c1cc(CNC(=O)c2ccc(-c3ccc(N)cc3)cc2)ncn1. The lowest BCUT2D eigenvalue weighted by Gasteiger charge is -2.34. The Morgan fingerprint density at radius 3 is 2.46 bits per heavy atom. The molecule has 5 rings (SSSR count). The maximum Gasteiger partial charge on any atom is 0.251 e. The molecule has 0 unspecified atom stereocenters. The van der Waals surface area contributed by atoms with Gasteiger partial charge in [0, 0.05) is 37.0 Å². The van der Waals surface area contributed by atoms with Gasteiger partial charge < -0.3 is 26.0 Å². The highest BCUT2D eigenvalue weighted by atomic mass is 16.5. The van der Waals surface area contributed by atoms with Crippen molar-refractivity contribution < 1.29 is 14.3 Å².